The van der Waals surface area contributed by atoms with Gasteiger partial charge < -0.3 is 0 Å². The molecule has 0 atom stereocenters. The molecule has 0 fully saturated rings. The minimum atomic E-state index is 0.585. The maximum Gasteiger partial charge on any atom is 0.203 e. The minimum absolute atomic E-state index is 0.585. The SMILES string of the molecule is Cc1nnc(-c2cccc(C)c2C)nn1. The first-order valence-electron chi connectivity index (χ1n) is 4.79. The lowest BCUT2D eigenvalue weighted by Crippen LogP contribution is -2.00. The zero-order valence-electron chi connectivity index (χ0n) is 9.02. The molecule has 0 bridgehead atoms. The van der Waals surface area contributed by atoms with Crippen LogP contribution < -0.4 is 0 Å². The summed E-state index contributed by atoms with van der Waals surface area (Å²) >= 11 is 0. The fraction of sp³-hybridized carbons (Fsp3) is 0.273. The smallest absolute Gasteiger partial charge is 0.131 e. The fourth-order valence-corrected chi connectivity index (χ4v) is 1.38. The summed E-state index contributed by atoms with van der Waals surface area (Å²) in [6.45, 7) is 5.88. The van der Waals surface area contributed by atoms with E-state index in [1.54, 1.807) is 6.92 Å². The number of hydrogen-bond donors (Lipinski definition) is 0. The second-order valence-electron chi connectivity index (χ2n) is 3.52. The van der Waals surface area contributed by atoms with Gasteiger partial charge in [0.1, 0.15) is 0 Å². The van der Waals surface area contributed by atoms with Crippen LogP contribution in [0.25, 0.3) is 11.4 Å². The van der Waals surface area contributed by atoms with Crippen LogP contribution in [0, 0.1) is 20.8 Å². The number of benzene rings is 1. The normalized spacial score (nSPS) is 10.3. The molecule has 0 spiro atoms. The van der Waals surface area contributed by atoms with Crippen molar-refractivity contribution in [3.63, 3.8) is 0 Å². The van der Waals surface area contributed by atoms with E-state index in [2.05, 4.69) is 33.4 Å². The molecule has 2 aromatic rings. The number of nitrogens with zero attached hydrogens (tertiary/aromatic N) is 4. The molecule has 1 aromatic heterocycles. The third kappa shape index (κ3) is 1.83. The van der Waals surface area contributed by atoms with Crippen molar-refractivity contribution in [2.24, 2.45) is 0 Å². The second kappa shape index (κ2) is 3.73. The molecule has 76 valence electrons. The summed E-state index contributed by atoms with van der Waals surface area (Å²) in [5.74, 6) is 1.17. The van der Waals surface area contributed by atoms with E-state index in [4.69, 9.17) is 0 Å². The predicted octanol–water partition coefficient (Wildman–Crippen LogP) is 1.86. The summed E-state index contributed by atoms with van der Waals surface area (Å²) in [7, 11) is 0. The zero-order chi connectivity index (χ0) is 10.8. The van der Waals surface area contributed by atoms with Gasteiger partial charge in [0.2, 0.25) is 5.82 Å². The summed E-state index contributed by atoms with van der Waals surface area (Å²) in [6, 6.07) is 6.03. The summed E-state index contributed by atoms with van der Waals surface area (Å²) in [5.41, 5.74) is 3.39. The number of hydrogen-bond acceptors (Lipinski definition) is 4. The van der Waals surface area contributed by atoms with E-state index in [1.807, 2.05) is 19.1 Å². The van der Waals surface area contributed by atoms with Crippen molar-refractivity contribution in [1.82, 2.24) is 20.4 Å². The van der Waals surface area contributed by atoms with E-state index in [9.17, 15) is 0 Å². The molecule has 0 unspecified atom stereocenters. The molecule has 1 heterocycles. The highest BCUT2D eigenvalue weighted by Gasteiger charge is 2.07. The van der Waals surface area contributed by atoms with Gasteiger partial charge in [0.05, 0.1) is 0 Å². The first kappa shape index (κ1) is 9.71. The van der Waals surface area contributed by atoms with Gasteiger partial charge in [-0.25, -0.2) is 0 Å². The maximum atomic E-state index is 4.03. The molecule has 0 radical (unpaired) electrons. The van der Waals surface area contributed by atoms with Crippen molar-refractivity contribution in [3.8, 4) is 11.4 Å². The van der Waals surface area contributed by atoms with Crippen molar-refractivity contribution < 1.29 is 0 Å². The summed E-state index contributed by atoms with van der Waals surface area (Å²) in [6.07, 6.45) is 0. The molecule has 0 N–H and O–H groups in total. The summed E-state index contributed by atoms with van der Waals surface area (Å²) in [4.78, 5) is 0. The van der Waals surface area contributed by atoms with Gasteiger partial charge in [0.15, 0.2) is 5.82 Å². The lowest BCUT2D eigenvalue weighted by atomic mass is 10.0. The van der Waals surface area contributed by atoms with Crippen LogP contribution in [0.4, 0.5) is 0 Å². The van der Waals surface area contributed by atoms with Crippen LogP contribution in [-0.2, 0) is 0 Å². The predicted molar refractivity (Wildman–Crippen MR) is 57.3 cm³/mol. The number of rotatable bonds is 1. The first-order valence-corrected chi connectivity index (χ1v) is 4.79. The monoisotopic (exact) mass is 200 g/mol. The standard InChI is InChI=1S/C11H12N4/c1-7-5-4-6-10(8(7)2)11-14-12-9(3)13-15-11/h4-6H,1-3H3. The van der Waals surface area contributed by atoms with Gasteiger partial charge in [-0.1, -0.05) is 18.2 Å². The Bertz CT molecular complexity index is 476. The van der Waals surface area contributed by atoms with Crippen LogP contribution >= 0.6 is 0 Å². The van der Waals surface area contributed by atoms with E-state index in [1.165, 1.54) is 11.1 Å². The molecule has 0 saturated carbocycles. The maximum absolute atomic E-state index is 4.03. The van der Waals surface area contributed by atoms with E-state index in [0.717, 1.165) is 5.56 Å². The average Bonchev–Trinajstić information content (AvgIpc) is 2.24. The molecule has 15 heavy (non-hydrogen) atoms. The van der Waals surface area contributed by atoms with Gasteiger partial charge in [-0.3, -0.25) is 0 Å². The van der Waals surface area contributed by atoms with E-state index < -0.39 is 0 Å². The highest BCUT2D eigenvalue weighted by molar-refractivity contribution is 5.60. The highest BCUT2D eigenvalue weighted by Crippen LogP contribution is 2.20. The Labute approximate surface area is 88.4 Å². The Morgan fingerprint density at radius 2 is 1.53 bits per heavy atom. The number of aromatic nitrogens is 4. The molecule has 4 nitrogen and oxygen atoms in total. The minimum Gasteiger partial charge on any atom is -0.131 e. The molecule has 4 heteroatoms. The largest absolute Gasteiger partial charge is 0.203 e. The molecule has 0 aliphatic rings. The van der Waals surface area contributed by atoms with Gasteiger partial charge in [-0.15, -0.1) is 20.4 Å². The Morgan fingerprint density at radius 3 is 2.20 bits per heavy atom. The molecule has 0 aliphatic heterocycles. The Morgan fingerprint density at radius 1 is 0.867 bits per heavy atom. The highest BCUT2D eigenvalue weighted by atomic mass is 15.3. The van der Waals surface area contributed by atoms with E-state index in [0.29, 0.717) is 11.6 Å². The van der Waals surface area contributed by atoms with Crippen LogP contribution in [-0.4, -0.2) is 20.4 Å². The van der Waals surface area contributed by atoms with Crippen molar-refractivity contribution in [3.05, 3.63) is 35.2 Å². The van der Waals surface area contributed by atoms with Gasteiger partial charge in [0, 0.05) is 5.56 Å². The quantitative estimate of drug-likeness (QED) is 0.705. The third-order valence-corrected chi connectivity index (χ3v) is 2.42. The molecule has 0 saturated heterocycles. The van der Waals surface area contributed by atoms with Crippen molar-refractivity contribution in [1.29, 1.82) is 0 Å². The summed E-state index contributed by atoms with van der Waals surface area (Å²) in [5, 5.41) is 15.9. The molecule has 2 rings (SSSR count). The van der Waals surface area contributed by atoms with Gasteiger partial charge in [-0.05, 0) is 31.9 Å². The molecule has 0 amide bonds. The van der Waals surface area contributed by atoms with Crippen LogP contribution in [0.15, 0.2) is 18.2 Å². The molecular weight excluding hydrogens is 188 g/mol. The lowest BCUT2D eigenvalue weighted by molar-refractivity contribution is 0.815. The van der Waals surface area contributed by atoms with Crippen LogP contribution in [0.3, 0.4) is 0 Å². The number of aryl methyl sites for hydroxylation is 2. The van der Waals surface area contributed by atoms with E-state index >= 15 is 0 Å². The van der Waals surface area contributed by atoms with Crippen molar-refractivity contribution >= 4 is 0 Å². The van der Waals surface area contributed by atoms with Crippen LogP contribution in [0.1, 0.15) is 17.0 Å². The average molecular weight is 200 g/mol. The molecule has 0 aliphatic carbocycles. The first-order chi connectivity index (χ1) is 7.18. The van der Waals surface area contributed by atoms with Gasteiger partial charge in [0.25, 0.3) is 0 Å². The van der Waals surface area contributed by atoms with Crippen LogP contribution in [0.2, 0.25) is 0 Å². The van der Waals surface area contributed by atoms with Crippen LogP contribution in [0.5, 0.6) is 0 Å². The fourth-order valence-electron chi connectivity index (χ4n) is 1.38. The lowest BCUT2D eigenvalue weighted by Gasteiger charge is -2.05. The van der Waals surface area contributed by atoms with Crippen molar-refractivity contribution in [2.45, 2.75) is 20.8 Å². The zero-order valence-corrected chi connectivity index (χ0v) is 9.02. The Kier molecular flexibility index (Phi) is 2.41. The van der Waals surface area contributed by atoms with Crippen molar-refractivity contribution in [2.75, 3.05) is 0 Å². The summed E-state index contributed by atoms with van der Waals surface area (Å²) < 4.78 is 0. The Balaban J connectivity index is 2.54. The Hall–Kier alpha value is -1.84. The third-order valence-electron chi connectivity index (χ3n) is 2.42. The molecule has 1 aromatic carbocycles. The van der Waals surface area contributed by atoms with E-state index in [-0.39, 0.29) is 0 Å². The topological polar surface area (TPSA) is 51.6 Å². The van der Waals surface area contributed by atoms with Gasteiger partial charge >= 0.3 is 0 Å². The second-order valence-corrected chi connectivity index (χ2v) is 3.52. The molecular formula is C11H12N4. The van der Waals surface area contributed by atoms with Gasteiger partial charge in [-0.2, -0.15) is 0 Å².